The van der Waals surface area contributed by atoms with Crippen LogP contribution in [0.4, 0.5) is 11.4 Å². The van der Waals surface area contributed by atoms with Crippen molar-refractivity contribution in [3.8, 4) is 5.75 Å². The van der Waals surface area contributed by atoms with Crippen molar-refractivity contribution in [2.24, 2.45) is 0 Å². The van der Waals surface area contributed by atoms with Crippen molar-refractivity contribution in [3.63, 3.8) is 0 Å². The summed E-state index contributed by atoms with van der Waals surface area (Å²) in [6.45, 7) is 0. The predicted molar refractivity (Wildman–Crippen MR) is 76.8 cm³/mol. The predicted octanol–water partition coefficient (Wildman–Crippen LogP) is 2.90. The fourth-order valence-corrected chi connectivity index (χ4v) is 1.83. The van der Waals surface area contributed by atoms with Gasteiger partial charge in [0.2, 0.25) is 0 Å². The van der Waals surface area contributed by atoms with Gasteiger partial charge in [-0.2, -0.15) is 0 Å². The zero-order valence-corrected chi connectivity index (χ0v) is 11.6. The van der Waals surface area contributed by atoms with Gasteiger partial charge in [-0.25, -0.2) is 4.98 Å². The van der Waals surface area contributed by atoms with Crippen molar-refractivity contribution >= 4 is 28.9 Å². The van der Waals surface area contributed by atoms with Gasteiger partial charge >= 0.3 is 5.69 Å². The molecule has 0 aliphatic heterocycles. The van der Waals surface area contributed by atoms with Crippen molar-refractivity contribution in [2.45, 2.75) is 0 Å². The molecule has 8 heteroatoms. The molecule has 1 heterocycles. The average Bonchev–Trinajstić information content (AvgIpc) is 2.47. The summed E-state index contributed by atoms with van der Waals surface area (Å²) in [6, 6.07) is 7.02. The molecule has 21 heavy (non-hydrogen) atoms. The molecule has 1 aromatic carbocycles. The van der Waals surface area contributed by atoms with Gasteiger partial charge in [0.25, 0.3) is 5.91 Å². The summed E-state index contributed by atoms with van der Waals surface area (Å²) in [5.41, 5.74) is 0.344. The van der Waals surface area contributed by atoms with Gasteiger partial charge in [-0.3, -0.25) is 14.9 Å². The fraction of sp³-hybridized carbons (Fsp3) is 0.0769. The molecule has 0 radical (unpaired) electrons. The smallest absolute Gasteiger partial charge is 0.312 e. The van der Waals surface area contributed by atoms with Crippen LogP contribution in [0.3, 0.4) is 0 Å². The summed E-state index contributed by atoms with van der Waals surface area (Å²) in [5, 5.41) is 13.7. The molecule has 1 amide bonds. The van der Waals surface area contributed by atoms with Crippen LogP contribution >= 0.6 is 11.6 Å². The Balaban J connectivity index is 2.25. The lowest BCUT2D eigenvalue weighted by molar-refractivity contribution is -0.385. The number of nitrogens with one attached hydrogen (secondary N) is 1. The van der Waals surface area contributed by atoms with Gasteiger partial charge in [0.05, 0.1) is 12.0 Å². The van der Waals surface area contributed by atoms with Crippen LogP contribution in [0, 0.1) is 10.1 Å². The van der Waals surface area contributed by atoms with Crippen LogP contribution in [0.1, 0.15) is 10.4 Å². The van der Waals surface area contributed by atoms with E-state index in [0.29, 0.717) is 5.56 Å². The second-order valence-electron chi connectivity index (χ2n) is 3.97. The molecular formula is C13H10ClN3O4. The summed E-state index contributed by atoms with van der Waals surface area (Å²) < 4.78 is 4.89. The number of ether oxygens (including phenoxy) is 1. The Morgan fingerprint density at radius 2 is 2.14 bits per heavy atom. The molecule has 0 unspecified atom stereocenters. The quantitative estimate of drug-likeness (QED) is 0.532. The van der Waals surface area contributed by atoms with E-state index >= 15 is 0 Å². The molecule has 0 atom stereocenters. The van der Waals surface area contributed by atoms with Crippen molar-refractivity contribution in [1.29, 1.82) is 0 Å². The van der Waals surface area contributed by atoms with Crippen LogP contribution < -0.4 is 10.1 Å². The van der Waals surface area contributed by atoms with Crippen LogP contribution in [0.25, 0.3) is 0 Å². The monoisotopic (exact) mass is 307 g/mol. The largest absolute Gasteiger partial charge is 0.490 e. The van der Waals surface area contributed by atoms with Gasteiger partial charge in [0, 0.05) is 23.5 Å². The highest BCUT2D eigenvalue weighted by atomic mass is 35.5. The van der Waals surface area contributed by atoms with Crippen molar-refractivity contribution in [2.75, 3.05) is 12.4 Å². The zero-order chi connectivity index (χ0) is 15.4. The molecule has 7 nitrogen and oxygen atoms in total. The SMILES string of the molecule is COc1ccc(NC(=O)c2ccnc(Cl)c2)cc1[N+](=O)[O-]. The summed E-state index contributed by atoms with van der Waals surface area (Å²) in [6.07, 6.45) is 1.40. The van der Waals surface area contributed by atoms with E-state index in [1.165, 1.54) is 43.6 Å². The lowest BCUT2D eigenvalue weighted by Crippen LogP contribution is -2.12. The Morgan fingerprint density at radius 1 is 1.38 bits per heavy atom. The van der Waals surface area contributed by atoms with E-state index in [9.17, 15) is 14.9 Å². The maximum Gasteiger partial charge on any atom is 0.312 e. The molecule has 0 aliphatic rings. The summed E-state index contributed by atoms with van der Waals surface area (Å²) >= 11 is 5.70. The van der Waals surface area contributed by atoms with E-state index in [-0.39, 0.29) is 22.3 Å². The third kappa shape index (κ3) is 3.46. The highest BCUT2D eigenvalue weighted by Crippen LogP contribution is 2.29. The number of amides is 1. The van der Waals surface area contributed by atoms with E-state index in [2.05, 4.69) is 10.3 Å². The number of nitrogens with zero attached hydrogens (tertiary/aromatic N) is 2. The van der Waals surface area contributed by atoms with Crippen LogP contribution in [0.15, 0.2) is 36.5 Å². The topological polar surface area (TPSA) is 94.4 Å². The number of anilines is 1. The van der Waals surface area contributed by atoms with Crippen LogP contribution in [0.5, 0.6) is 5.75 Å². The van der Waals surface area contributed by atoms with Crippen LogP contribution in [-0.4, -0.2) is 22.9 Å². The van der Waals surface area contributed by atoms with Crippen LogP contribution in [0.2, 0.25) is 5.15 Å². The Bertz CT molecular complexity index is 706. The Labute approximate surface area is 124 Å². The molecule has 2 rings (SSSR count). The Hall–Kier alpha value is -2.67. The highest BCUT2D eigenvalue weighted by molar-refractivity contribution is 6.29. The number of pyridine rings is 1. The lowest BCUT2D eigenvalue weighted by Gasteiger charge is -2.07. The highest BCUT2D eigenvalue weighted by Gasteiger charge is 2.16. The third-order valence-electron chi connectivity index (χ3n) is 2.62. The fourth-order valence-electron chi connectivity index (χ4n) is 1.66. The Morgan fingerprint density at radius 3 is 2.76 bits per heavy atom. The molecule has 0 fully saturated rings. The van der Waals surface area contributed by atoms with E-state index < -0.39 is 10.8 Å². The second kappa shape index (κ2) is 6.19. The number of aromatic nitrogens is 1. The first-order valence-electron chi connectivity index (χ1n) is 5.76. The van der Waals surface area contributed by atoms with E-state index in [0.717, 1.165) is 0 Å². The second-order valence-corrected chi connectivity index (χ2v) is 4.35. The molecular weight excluding hydrogens is 298 g/mol. The Kier molecular flexibility index (Phi) is 4.34. The minimum Gasteiger partial charge on any atom is -0.490 e. The average molecular weight is 308 g/mol. The molecule has 1 aromatic heterocycles. The number of nitro groups is 1. The zero-order valence-electron chi connectivity index (χ0n) is 10.9. The summed E-state index contributed by atoms with van der Waals surface area (Å²) in [4.78, 5) is 26.1. The van der Waals surface area contributed by atoms with E-state index in [4.69, 9.17) is 16.3 Å². The normalized spacial score (nSPS) is 10.0. The van der Waals surface area contributed by atoms with E-state index in [1.807, 2.05) is 0 Å². The molecule has 108 valence electrons. The summed E-state index contributed by atoms with van der Waals surface area (Å²) in [7, 11) is 1.33. The minimum atomic E-state index is -0.586. The number of carbonyl (C=O) groups is 1. The molecule has 0 saturated heterocycles. The maximum absolute atomic E-state index is 12.0. The van der Waals surface area contributed by atoms with Gasteiger partial charge in [-0.05, 0) is 24.3 Å². The molecule has 1 N–H and O–H groups in total. The number of hydrogen-bond acceptors (Lipinski definition) is 5. The van der Waals surface area contributed by atoms with Crippen molar-refractivity contribution in [1.82, 2.24) is 4.98 Å². The standard InChI is InChI=1S/C13H10ClN3O4/c1-21-11-3-2-9(7-10(11)17(19)20)16-13(18)8-4-5-15-12(14)6-8/h2-7H,1H3,(H,16,18). The first kappa shape index (κ1) is 14.7. The van der Waals surface area contributed by atoms with Gasteiger partial charge in [-0.1, -0.05) is 11.6 Å². The number of carbonyl (C=O) groups excluding carboxylic acids is 1. The molecule has 0 bridgehead atoms. The van der Waals surface area contributed by atoms with Crippen molar-refractivity contribution < 1.29 is 14.5 Å². The van der Waals surface area contributed by atoms with Crippen LogP contribution in [-0.2, 0) is 0 Å². The van der Waals surface area contributed by atoms with Gasteiger partial charge in [0.15, 0.2) is 5.75 Å². The minimum absolute atomic E-state index is 0.116. The number of hydrogen-bond donors (Lipinski definition) is 1. The lowest BCUT2D eigenvalue weighted by atomic mass is 10.2. The number of methoxy groups -OCH3 is 1. The molecule has 0 aliphatic carbocycles. The first-order chi connectivity index (χ1) is 10.0. The number of nitro benzene ring substituents is 1. The maximum atomic E-state index is 12.0. The van der Waals surface area contributed by atoms with Gasteiger partial charge in [0.1, 0.15) is 5.15 Å². The molecule has 0 saturated carbocycles. The number of benzene rings is 1. The number of rotatable bonds is 4. The summed E-state index contributed by atoms with van der Waals surface area (Å²) in [5.74, 6) is -0.330. The van der Waals surface area contributed by atoms with E-state index in [1.54, 1.807) is 0 Å². The molecule has 2 aromatic rings. The molecule has 0 spiro atoms. The third-order valence-corrected chi connectivity index (χ3v) is 2.83. The van der Waals surface area contributed by atoms with Gasteiger partial charge < -0.3 is 10.1 Å². The van der Waals surface area contributed by atoms with Crippen molar-refractivity contribution in [3.05, 3.63) is 57.4 Å². The number of halogens is 1. The first-order valence-corrected chi connectivity index (χ1v) is 6.14. The van der Waals surface area contributed by atoms with Gasteiger partial charge in [-0.15, -0.1) is 0 Å².